The smallest absolute Gasteiger partial charge is 0.0701 e. The molecule has 0 saturated carbocycles. The van der Waals surface area contributed by atoms with Gasteiger partial charge in [-0.05, 0) is 34.6 Å². The summed E-state index contributed by atoms with van der Waals surface area (Å²) in [4.78, 5) is 0. The molecule has 0 bridgehead atoms. The van der Waals surface area contributed by atoms with Crippen LogP contribution in [-0.2, 0) is 30.9 Å². The maximum absolute atomic E-state index is 8.19. The molecule has 0 aliphatic rings. The van der Waals surface area contributed by atoms with Gasteiger partial charge in [-0.1, -0.05) is 0 Å². The first-order valence-corrected chi connectivity index (χ1v) is 5.57. The molecule has 0 saturated heterocycles. The molecule has 5 nitrogen and oxygen atoms in total. The molecule has 0 aromatic heterocycles. The van der Waals surface area contributed by atoms with Gasteiger partial charge in [0.05, 0.1) is 19.3 Å². The SMILES string of the molecule is CC(C)OCCO.CCO.CCO.CCO.[Zr]. The molecule has 108 valence electrons. The third-order valence-electron chi connectivity index (χ3n) is 0.542. The van der Waals surface area contributed by atoms with Crippen LogP contribution in [0.4, 0.5) is 0 Å². The largest absolute Gasteiger partial charge is 0.397 e. The quantitative estimate of drug-likeness (QED) is 0.600. The molecule has 17 heavy (non-hydrogen) atoms. The molecule has 0 rings (SSSR count). The second kappa shape index (κ2) is 43.8. The molecule has 0 radical (unpaired) electrons. The summed E-state index contributed by atoms with van der Waals surface area (Å²) in [5, 5.41) is 30.9. The van der Waals surface area contributed by atoms with E-state index in [2.05, 4.69) is 0 Å². The molecule has 0 amide bonds. The van der Waals surface area contributed by atoms with Crippen molar-refractivity contribution in [3.8, 4) is 0 Å². The van der Waals surface area contributed by atoms with E-state index in [4.69, 9.17) is 25.2 Å². The first kappa shape index (κ1) is 30.6. The van der Waals surface area contributed by atoms with Gasteiger partial charge in [-0.3, -0.25) is 0 Å². The number of ether oxygens (including phenoxy) is 1. The van der Waals surface area contributed by atoms with Crippen molar-refractivity contribution in [2.24, 2.45) is 0 Å². The van der Waals surface area contributed by atoms with Crippen LogP contribution in [-0.4, -0.2) is 59.6 Å². The molecule has 0 atom stereocenters. The molecule has 0 aliphatic carbocycles. The monoisotopic (exact) mass is 332 g/mol. The van der Waals surface area contributed by atoms with Gasteiger partial charge in [0.25, 0.3) is 0 Å². The van der Waals surface area contributed by atoms with Gasteiger partial charge in [0, 0.05) is 46.0 Å². The van der Waals surface area contributed by atoms with Crippen molar-refractivity contribution in [2.45, 2.75) is 40.7 Å². The first-order chi connectivity index (χ1) is 7.51. The number of hydrogen-bond acceptors (Lipinski definition) is 5. The maximum atomic E-state index is 8.19. The first-order valence-electron chi connectivity index (χ1n) is 5.57. The Balaban J connectivity index is -0.0000000411. The van der Waals surface area contributed by atoms with Crippen LogP contribution in [0.5, 0.6) is 0 Å². The fourth-order valence-corrected chi connectivity index (χ4v) is 0.288. The maximum Gasteiger partial charge on any atom is 0.0701 e. The fourth-order valence-electron chi connectivity index (χ4n) is 0.288. The van der Waals surface area contributed by atoms with Crippen LogP contribution in [0.25, 0.3) is 0 Å². The van der Waals surface area contributed by atoms with Crippen LogP contribution >= 0.6 is 0 Å². The predicted molar refractivity (Wildman–Crippen MR) is 66.5 cm³/mol. The van der Waals surface area contributed by atoms with Crippen molar-refractivity contribution in [1.82, 2.24) is 0 Å². The Labute approximate surface area is 125 Å². The van der Waals surface area contributed by atoms with Gasteiger partial charge >= 0.3 is 0 Å². The van der Waals surface area contributed by atoms with E-state index in [0.717, 1.165) is 0 Å². The number of hydrogen-bond donors (Lipinski definition) is 4. The zero-order valence-corrected chi connectivity index (χ0v) is 14.3. The molecule has 4 N–H and O–H groups in total. The zero-order valence-electron chi connectivity index (χ0n) is 11.8. The summed E-state index contributed by atoms with van der Waals surface area (Å²) in [6, 6.07) is 0. The van der Waals surface area contributed by atoms with Gasteiger partial charge in [0.1, 0.15) is 0 Å². The molecule has 0 aromatic carbocycles. The summed E-state index contributed by atoms with van der Waals surface area (Å²) in [6.07, 6.45) is 0.243. The summed E-state index contributed by atoms with van der Waals surface area (Å²) < 4.78 is 4.94. The predicted octanol–water partition coefficient (Wildman–Crippen LogP) is 0.397. The Morgan fingerprint density at radius 3 is 1.12 bits per heavy atom. The minimum absolute atomic E-state index is 0. The van der Waals surface area contributed by atoms with Crippen molar-refractivity contribution >= 4 is 0 Å². The van der Waals surface area contributed by atoms with Crippen LogP contribution in [0.2, 0.25) is 0 Å². The van der Waals surface area contributed by atoms with E-state index in [0.29, 0.717) is 6.61 Å². The summed E-state index contributed by atoms with van der Waals surface area (Å²) in [5.41, 5.74) is 0. The Morgan fingerprint density at radius 2 is 1.06 bits per heavy atom. The third-order valence-corrected chi connectivity index (χ3v) is 0.542. The van der Waals surface area contributed by atoms with Gasteiger partial charge < -0.3 is 25.2 Å². The van der Waals surface area contributed by atoms with E-state index in [1.54, 1.807) is 20.8 Å². The van der Waals surface area contributed by atoms with Crippen molar-refractivity contribution in [2.75, 3.05) is 33.0 Å². The second-order valence-corrected chi connectivity index (χ2v) is 2.59. The van der Waals surface area contributed by atoms with Gasteiger partial charge in [-0.2, -0.15) is 0 Å². The number of rotatable bonds is 3. The molecule has 6 heteroatoms. The van der Waals surface area contributed by atoms with Crippen LogP contribution in [0.15, 0.2) is 0 Å². The van der Waals surface area contributed by atoms with Gasteiger partial charge in [-0.25, -0.2) is 0 Å². The summed E-state index contributed by atoms with van der Waals surface area (Å²) in [7, 11) is 0. The molecule has 0 unspecified atom stereocenters. The third kappa shape index (κ3) is 164. The summed E-state index contributed by atoms with van der Waals surface area (Å²) >= 11 is 0. The average molecular weight is 334 g/mol. The molecule has 0 heterocycles. The molecular weight excluding hydrogens is 303 g/mol. The van der Waals surface area contributed by atoms with E-state index in [1.165, 1.54) is 0 Å². The van der Waals surface area contributed by atoms with Gasteiger partial charge in [0.15, 0.2) is 0 Å². The van der Waals surface area contributed by atoms with E-state index < -0.39 is 0 Å². The van der Waals surface area contributed by atoms with Crippen LogP contribution < -0.4 is 0 Å². The zero-order chi connectivity index (χ0) is 13.8. The Kier molecular flexibility index (Phi) is 78.8. The van der Waals surface area contributed by atoms with Crippen LogP contribution in [0.3, 0.4) is 0 Å². The average Bonchev–Trinajstić information content (AvgIpc) is 2.18. The normalized spacial score (nSPS) is 7.41. The van der Waals surface area contributed by atoms with Gasteiger partial charge in [0.2, 0.25) is 0 Å². The van der Waals surface area contributed by atoms with Crippen LogP contribution in [0, 0.1) is 0 Å². The van der Waals surface area contributed by atoms with Crippen molar-refractivity contribution in [3.63, 3.8) is 0 Å². The minimum atomic E-state index is 0. The topological polar surface area (TPSA) is 90.2 Å². The molecule has 0 aliphatic heterocycles. The number of aliphatic hydroxyl groups is 4. The number of aliphatic hydroxyl groups excluding tert-OH is 4. The van der Waals surface area contributed by atoms with Crippen molar-refractivity contribution in [3.05, 3.63) is 0 Å². The Hall–Kier alpha value is 0.683. The van der Waals surface area contributed by atoms with Crippen LogP contribution in [0.1, 0.15) is 34.6 Å². The van der Waals surface area contributed by atoms with Crippen molar-refractivity contribution in [1.29, 1.82) is 0 Å². The van der Waals surface area contributed by atoms with E-state index in [9.17, 15) is 0 Å². The Morgan fingerprint density at radius 1 is 0.824 bits per heavy atom. The molecule has 0 spiro atoms. The Bertz CT molecular complexity index is 70.1. The second-order valence-electron chi connectivity index (χ2n) is 2.59. The van der Waals surface area contributed by atoms with Gasteiger partial charge in [-0.15, -0.1) is 0 Å². The van der Waals surface area contributed by atoms with Crippen molar-refractivity contribution < 1.29 is 51.4 Å². The summed E-state index contributed by atoms with van der Waals surface area (Å²) in [5.74, 6) is 0. The van der Waals surface area contributed by atoms with E-state index in [-0.39, 0.29) is 58.7 Å². The standard InChI is InChI=1S/C5H12O2.3C2H6O.Zr/c1-5(2)7-4-3-6;3*1-2-3;/h5-6H,3-4H2,1-2H3;3*3H,2H2,1H3;. The summed E-state index contributed by atoms with van der Waals surface area (Å²) in [6.45, 7) is 10.3. The molecular formula is C11H30O5Zr. The minimum Gasteiger partial charge on any atom is -0.397 e. The molecule has 0 aromatic rings. The van der Waals surface area contributed by atoms with E-state index in [1.807, 2.05) is 13.8 Å². The van der Waals surface area contributed by atoms with E-state index >= 15 is 0 Å². The fraction of sp³-hybridized carbons (Fsp3) is 1.00. The molecule has 0 fully saturated rings.